The molecule has 0 spiro atoms. The van der Waals surface area contributed by atoms with Crippen LogP contribution >= 0.6 is 15.9 Å². The molecular formula is C10H12BrN3O3S. The zero-order valence-electron chi connectivity index (χ0n) is 10.1. The molecule has 0 N–H and O–H groups in total. The van der Waals surface area contributed by atoms with Gasteiger partial charge in [0.1, 0.15) is 20.9 Å². The van der Waals surface area contributed by atoms with Crippen molar-refractivity contribution in [2.24, 2.45) is 0 Å². The number of hydrogen-bond donors (Lipinski definition) is 0. The molecule has 0 radical (unpaired) electrons. The topological polar surface area (TPSA) is 63.9 Å². The number of fused-ring (bicyclic) bond motifs is 1. The average Bonchev–Trinajstić information content (AvgIpc) is 2.68. The SMILES string of the molecule is COc1cc2ncc(Br)n2cc1S(=O)(=O)N(C)C. The first-order chi connectivity index (χ1) is 8.37. The molecule has 0 saturated carbocycles. The Hall–Kier alpha value is -1.12. The lowest BCUT2D eigenvalue weighted by atomic mass is 10.4. The van der Waals surface area contributed by atoms with Gasteiger partial charge in [-0.2, -0.15) is 0 Å². The largest absolute Gasteiger partial charge is 0.495 e. The van der Waals surface area contributed by atoms with Gasteiger partial charge in [0, 0.05) is 26.4 Å². The molecule has 0 aliphatic carbocycles. The van der Waals surface area contributed by atoms with Crippen molar-refractivity contribution in [3.05, 3.63) is 23.1 Å². The van der Waals surface area contributed by atoms with E-state index in [4.69, 9.17) is 4.74 Å². The van der Waals surface area contributed by atoms with Crippen molar-refractivity contribution in [2.75, 3.05) is 21.2 Å². The van der Waals surface area contributed by atoms with Crippen molar-refractivity contribution in [2.45, 2.75) is 4.90 Å². The first-order valence-electron chi connectivity index (χ1n) is 5.01. The third-order valence-corrected chi connectivity index (χ3v) is 4.92. The van der Waals surface area contributed by atoms with E-state index in [1.807, 2.05) is 0 Å². The van der Waals surface area contributed by atoms with Crippen molar-refractivity contribution < 1.29 is 13.2 Å². The number of imidazole rings is 1. The fraction of sp³-hybridized carbons (Fsp3) is 0.300. The maximum Gasteiger partial charge on any atom is 0.247 e. The molecule has 6 nitrogen and oxygen atoms in total. The van der Waals surface area contributed by atoms with Crippen LogP contribution in [0.15, 0.2) is 28.0 Å². The summed E-state index contributed by atoms with van der Waals surface area (Å²) in [4.78, 5) is 4.22. The lowest BCUT2D eigenvalue weighted by Crippen LogP contribution is -2.23. The molecule has 2 rings (SSSR count). The summed E-state index contributed by atoms with van der Waals surface area (Å²) in [6, 6.07) is 1.58. The Morgan fingerprint density at radius 3 is 2.67 bits per heavy atom. The second-order valence-electron chi connectivity index (χ2n) is 3.80. The highest BCUT2D eigenvalue weighted by molar-refractivity contribution is 9.10. The first-order valence-corrected chi connectivity index (χ1v) is 7.24. The number of nitrogens with zero attached hydrogens (tertiary/aromatic N) is 3. The molecule has 0 amide bonds. The summed E-state index contributed by atoms with van der Waals surface area (Å²) in [6.07, 6.45) is 3.08. The van der Waals surface area contributed by atoms with Gasteiger partial charge < -0.3 is 4.74 Å². The lowest BCUT2D eigenvalue weighted by molar-refractivity contribution is 0.399. The summed E-state index contributed by atoms with van der Waals surface area (Å²) in [7, 11) is 0.810. The number of hydrogen-bond acceptors (Lipinski definition) is 4. The molecule has 0 atom stereocenters. The molecule has 0 aromatic carbocycles. The summed E-state index contributed by atoms with van der Waals surface area (Å²) in [5.41, 5.74) is 0.608. The Labute approximate surface area is 113 Å². The molecule has 2 heterocycles. The van der Waals surface area contributed by atoms with Crippen LogP contribution in [0.25, 0.3) is 5.65 Å². The predicted molar refractivity (Wildman–Crippen MR) is 70.3 cm³/mol. The predicted octanol–water partition coefficient (Wildman–Crippen LogP) is 1.36. The lowest BCUT2D eigenvalue weighted by Gasteiger charge is -2.14. The zero-order valence-corrected chi connectivity index (χ0v) is 12.5. The highest BCUT2D eigenvalue weighted by Crippen LogP contribution is 2.28. The zero-order chi connectivity index (χ0) is 13.5. The number of sulfonamides is 1. The van der Waals surface area contributed by atoms with E-state index in [2.05, 4.69) is 20.9 Å². The highest BCUT2D eigenvalue weighted by Gasteiger charge is 2.23. The van der Waals surface area contributed by atoms with Crippen LogP contribution in [0, 0.1) is 0 Å². The van der Waals surface area contributed by atoms with Gasteiger partial charge in [0.25, 0.3) is 0 Å². The van der Waals surface area contributed by atoms with E-state index in [9.17, 15) is 8.42 Å². The maximum absolute atomic E-state index is 12.2. The van der Waals surface area contributed by atoms with Gasteiger partial charge in [-0.1, -0.05) is 0 Å². The van der Waals surface area contributed by atoms with E-state index in [1.165, 1.54) is 27.4 Å². The van der Waals surface area contributed by atoms with E-state index in [1.54, 1.807) is 16.7 Å². The fourth-order valence-corrected chi connectivity index (χ4v) is 2.92. The monoisotopic (exact) mass is 333 g/mol. The van der Waals surface area contributed by atoms with Crippen molar-refractivity contribution in [3.63, 3.8) is 0 Å². The molecule has 18 heavy (non-hydrogen) atoms. The van der Waals surface area contributed by atoms with Gasteiger partial charge in [-0.05, 0) is 15.9 Å². The van der Waals surface area contributed by atoms with Crippen LogP contribution in [0.2, 0.25) is 0 Å². The molecule has 2 aromatic rings. The summed E-state index contributed by atoms with van der Waals surface area (Å²) in [5, 5.41) is 0. The van der Waals surface area contributed by atoms with Crippen LogP contribution in [-0.4, -0.2) is 43.3 Å². The number of ether oxygens (including phenoxy) is 1. The first kappa shape index (κ1) is 13.3. The summed E-state index contributed by atoms with van der Waals surface area (Å²) >= 11 is 3.30. The normalized spacial score (nSPS) is 12.3. The van der Waals surface area contributed by atoms with Gasteiger partial charge in [0.15, 0.2) is 0 Å². The number of methoxy groups -OCH3 is 1. The second kappa shape index (κ2) is 4.52. The summed E-state index contributed by atoms with van der Waals surface area (Å²) in [5.74, 6) is 0.273. The molecule has 0 unspecified atom stereocenters. The van der Waals surface area contributed by atoms with Gasteiger partial charge in [-0.3, -0.25) is 4.40 Å². The molecule has 0 saturated heterocycles. The summed E-state index contributed by atoms with van der Waals surface area (Å²) < 4.78 is 33.0. The van der Waals surface area contributed by atoms with Crippen LogP contribution in [0.4, 0.5) is 0 Å². The average molecular weight is 334 g/mol. The highest BCUT2D eigenvalue weighted by atomic mass is 79.9. The van der Waals surface area contributed by atoms with Crippen molar-refractivity contribution in [3.8, 4) is 5.75 Å². The molecule has 8 heteroatoms. The van der Waals surface area contributed by atoms with Crippen LogP contribution in [0.5, 0.6) is 5.75 Å². The molecule has 0 fully saturated rings. The minimum Gasteiger partial charge on any atom is -0.495 e. The Balaban J connectivity index is 2.80. The maximum atomic E-state index is 12.2. The van der Waals surface area contributed by atoms with Crippen molar-refractivity contribution >= 4 is 31.6 Å². The van der Waals surface area contributed by atoms with Crippen LogP contribution in [-0.2, 0) is 10.0 Å². The number of aromatic nitrogens is 2. The van der Waals surface area contributed by atoms with Crippen LogP contribution in [0.1, 0.15) is 0 Å². The van der Waals surface area contributed by atoms with Gasteiger partial charge in [-0.15, -0.1) is 0 Å². The standard InChI is InChI=1S/C10H12BrN3O3S/c1-13(2)18(15,16)8-6-14-9(11)5-12-10(14)4-7(8)17-3/h4-6H,1-3H3. The van der Waals surface area contributed by atoms with Gasteiger partial charge in [0.05, 0.1) is 13.3 Å². The van der Waals surface area contributed by atoms with Crippen LogP contribution < -0.4 is 4.74 Å². The van der Waals surface area contributed by atoms with E-state index >= 15 is 0 Å². The Kier molecular flexibility index (Phi) is 3.35. The Morgan fingerprint density at radius 1 is 1.44 bits per heavy atom. The Bertz CT molecular complexity index is 694. The van der Waals surface area contributed by atoms with Gasteiger partial charge in [-0.25, -0.2) is 17.7 Å². The molecular weight excluding hydrogens is 322 g/mol. The number of rotatable bonds is 3. The molecule has 2 aromatic heterocycles. The van der Waals surface area contributed by atoms with E-state index in [-0.39, 0.29) is 10.6 Å². The quantitative estimate of drug-likeness (QED) is 0.850. The van der Waals surface area contributed by atoms with Gasteiger partial charge >= 0.3 is 0 Å². The minimum absolute atomic E-state index is 0.0983. The minimum atomic E-state index is -3.57. The third kappa shape index (κ3) is 2.00. The van der Waals surface area contributed by atoms with Crippen molar-refractivity contribution in [1.82, 2.24) is 13.7 Å². The fourth-order valence-electron chi connectivity index (χ4n) is 1.51. The summed E-state index contributed by atoms with van der Waals surface area (Å²) in [6.45, 7) is 0. The number of pyridine rings is 1. The van der Waals surface area contributed by atoms with Crippen LogP contribution in [0.3, 0.4) is 0 Å². The second-order valence-corrected chi connectivity index (χ2v) is 6.74. The molecule has 0 bridgehead atoms. The Morgan fingerprint density at radius 2 is 2.11 bits per heavy atom. The number of halogens is 1. The molecule has 0 aliphatic heterocycles. The smallest absolute Gasteiger partial charge is 0.247 e. The van der Waals surface area contributed by atoms with Crippen molar-refractivity contribution in [1.29, 1.82) is 0 Å². The molecule has 0 aliphatic rings. The molecule has 98 valence electrons. The van der Waals surface area contributed by atoms with E-state index in [0.717, 1.165) is 4.31 Å². The van der Waals surface area contributed by atoms with Gasteiger partial charge in [0.2, 0.25) is 10.0 Å². The van der Waals surface area contributed by atoms with E-state index < -0.39 is 10.0 Å². The third-order valence-electron chi connectivity index (χ3n) is 2.51. The van der Waals surface area contributed by atoms with E-state index in [0.29, 0.717) is 10.3 Å².